The van der Waals surface area contributed by atoms with Crippen molar-refractivity contribution in [2.45, 2.75) is 32.4 Å². The van der Waals surface area contributed by atoms with Crippen molar-refractivity contribution in [3.05, 3.63) is 101 Å². The number of urea groups is 1. The summed E-state index contributed by atoms with van der Waals surface area (Å²) in [5.41, 5.74) is 3.72. The van der Waals surface area contributed by atoms with E-state index in [1.807, 2.05) is 61.5 Å². The molecule has 0 aromatic heterocycles. The van der Waals surface area contributed by atoms with Gasteiger partial charge in [0.2, 0.25) is 0 Å². The summed E-state index contributed by atoms with van der Waals surface area (Å²) < 4.78 is 0. The fourth-order valence-electron chi connectivity index (χ4n) is 3.32. The van der Waals surface area contributed by atoms with E-state index in [0.29, 0.717) is 24.2 Å². The number of aryl methyl sites for hydroxylation is 1. The molecule has 0 fully saturated rings. The van der Waals surface area contributed by atoms with Gasteiger partial charge in [0.15, 0.2) is 0 Å². The summed E-state index contributed by atoms with van der Waals surface area (Å²) in [6, 6.07) is 23.2. The van der Waals surface area contributed by atoms with Crippen molar-refractivity contribution >= 4 is 23.6 Å². The van der Waals surface area contributed by atoms with Crippen LogP contribution in [-0.2, 0) is 17.8 Å². The SMILES string of the molecule is CC(NC(=O)c1cccc(NC(=O)NCc2ccccc2)c1)c1cccc(CCC(=O)O)c1. The monoisotopic (exact) mass is 445 g/mol. The lowest BCUT2D eigenvalue weighted by atomic mass is 10.0. The van der Waals surface area contributed by atoms with Crippen LogP contribution in [0.2, 0.25) is 0 Å². The van der Waals surface area contributed by atoms with Gasteiger partial charge >= 0.3 is 12.0 Å². The molecule has 4 N–H and O–H groups in total. The van der Waals surface area contributed by atoms with Gasteiger partial charge in [0, 0.05) is 24.2 Å². The summed E-state index contributed by atoms with van der Waals surface area (Å²) in [6.45, 7) is 2.27. The van der Waals surface area contributed by atoms with Crippen LogP contribution in [-0.4, -0.2) is 23.0 Å². The fourth-order valence-corrected chi connectivity index (χ4v) is 3.32. The summed E-state index contributed by atoms with van der Waals surface area (Å²) in [5.74, 6) is -1.12. The van der Waals surface area contributed by atoms with Crippen molar-refractivity contribution in [1.29, 1.82) is 0 Å². The van der Waals surface area contributed by atoms with Gasteiger partial charge in [-0.1, -0.05) is 60.7 Å². The highest BCUT2D eigenvalue weighted by Gasteiger charge is 2.13. The average molecular weight is 446 g/mol. The molecule has 0 spiro atoms. The molecule has 3 rings (SSSR count). The molecule has 0 saturated heterocycles. The lowest BCUT2D eigenvalue weighted by Crippen LogP contribution is -2.29. The molecule has 3 amide bonds. The molecule has 7 nitrogen and oxygen atoms in total. The van der Waals surface area contributed by atoms with Gasteiger partial charge in [-0.05, 0) is 48.2 Å². The van der Waals surface area contributed by atoms with E-state index >= 15 is 0 Å². The van der Waals surface area contributed by atoms with Gasteiger partial charge in [-0.25, -0.2) is 4.79 Å². The number of carbonyl (C=O) groups is 3. The van der Waals surface area contributed by atoms with E-state index in [4.69, 9.17) is 5.11 Å². The van der Waals surface area contributed by atoms with Gasteiger partial charge in [0.05, 0.1) is 6.04 Å². The second-order valence-corrected chi connectivity index (χ2v) is 7.71. The first kappa shape index (κ1) is 23.5. The van der Waals surface area contributed by atoms with Gasteiger partial charge in [0.1, 0.15) is 0 Å². The van der Waals surface area contributed by atoms with Crippen LogP contribution in [0.4, 0.5) is 10.5 Å². The number of carboxylic acids is 1. The molecule has 170 valence electrons. The van der Waals surface area contributed by atoms with Crippen molar-refractivity contribution in [3.63, 3.8) is 0 Å². The summed E-state index contributed by atoms with van der Waals surface area (Å²) in [4.78, 5) is 35.8. The first-order chi connectivity index (χ1) is 15.9. The molecule has 33 heavy (non-hydrogen) atoms. The molecule has 0 saturated carbocycles. The number of hydrogen-bond acceptors (Lipinski definition) is 3. The summed E-state index contributed by atoms with van der Waals surface area (Å²) in [6.07, 6.45) is 0.493. The summed E-state index contributed by atoms with van der Waals surface area (Å²) >= 11 is 0. The highest BCUT2D eigenvalue weighted by molar-refractivity contribution is 5.97. The fraction of sp³-hybridized carbons (Fsp3) is 0.192. The van der Waals surface area contributed by atoms with Crippen LogP contribution in [0.25, 0.3) is 0 Å². The predicted molar refractivity (Wildman–Crippen MR) is 127 cm³/mol. The Balaban J connectivity index is 1.57. The van der Waals surface area contributed by atoms with E-state index in [-0.39, 0.29) is 24.4 Å². The standard InChI is InChI=1S/C26H27N3O4/c1-18(21-10-5-9-19(15-21)13-14-24(30)31)28-25(32)22-11-6-12-23(16-22)29-26(33)27-17-20-7-3-2-4-8-20/h2-12,15-16,18H,13-14,17H2,1H3,(H,28,32)(H,30,31)(H2,27,29,33). The van der Waals surface area contributed by atoms with Gasteiger partial charge in [-0.15, -0.1) is 0 Å². The molecular weight excluding hydrogens is 418 g/mol. The summed E-state index contributed by atoms with van der Waals surface area (Å²) in [7, 11) is 0. The number of carboxylic acid groups (broad SMARTS) is 1. The van der Waals surface area contributed by atoms with Crippen LogP contribution in [0, 0.1) is 0 Å². The Morgan fingerprint density at radius 1 is 0.879 bits per heavy atom. The second-order valence-electron chi connectivity index (χ2n) is 7.71. The van der Waals surface area contributed by atoms with Crippen LogP contribution in [0.15, 0.2) is 78.9 Å². The van der Waals surface area contributed by atoms with Crippen molar-refractivity contribution in [1.82, 2.24) is 10.6 Å². The maximum absolute atomic E-state index is 12.8. The number of hydrogen-bond donors (Lipinski definition) is 4. The maximum atomic E-state index is 12.8. The first-order valence-electron chi connectivity index (χ1n) is 10.7. The topological polar surface area (TPSA) is 108 Å². The highest BCUT2D eigenvalue weighted by Crippen LogP contribution is 2.17. The molecule has 0 aliphatic heterocycles. The van der Waals surface area contributed by atoms with E-state index in [2.05, 4.69) is 16.0 Å². The van der Waals surface area contributed by atoms with Gasteiger partial charge in [-0.3, -0.25) is 9.59 Å². The minimum Gasteiger partial charge on any atom is -0.481 e. The zero-order chi connectivity index (χ0) is 23.6. The van der Waals surface area contributed by atoms with Gasteiger partial charge in [0.25, 0.3) is 5.91 Å². The van der Waals surface area contributed by atoms with E-state index < -0.39 is 5.97 Å². The smallest absolute Gasteiger partial charge is 0.319 e. The molecule has 0 heterocycles. The number of nitrogens with one attached hydrogen (secondary N) is 3. The zero-order valence-electron chi connectivity index (χ0n) is 18.4. The number of benzene rings is 3. The Hall–Kier alpha value is -4.13. The molecule has 0 radical (unpaired) electrons. The number of amides is 3. The second kappa shape index (κ2) is 11.5. The maximum Gasteiger partial charge on any atom is 0.319 e. The molecular formula is C26H27N3O4. The van der Waals surface area contributed by atoms with Crippen LogP contribution in [0.3, 0.4) is 0 Å². The number of carbonyl (C=O) groups excluding carboxylic acids is 2. The van der Waals surface area contributed by atoms with Crippen LogP contribution >= 0.6 is 0 Å². The van der Waals surface area contributed by atoms with Crippen LogP contribution in [0.5, 0.6) is 0 Å². The van der Waals surface area contributed by atoms with Crippen molar-refractivity contribution in [3.8, 4) is 0 Å². The Morgan fingerprint density at radius 3 is 2.36 bits per heavy atom. The number of rotatable bonds is 9. The Labute approximate surface area is 192 Å². The lowest BCUT2D eigenvalue weighted by molar-refractivity contribution is -0.136. The van der Waals surface area contributed by atoms with Gasteiger partial charge in [-0.2, -0.15) is 0 Å². The molecule has 3 aromatic rings. The minimum absolute atomic E-state index is 0.0584. The summed E-state index contributed by atoms with van der Waals surface area (Å²) in [5, 5.41) is 17.3. The van der Waals surface area contributed by atoms with E-state index in [0.717, 1.165) is 16.7 Å². The van der Waals surface area contributed by atoms with Crippen molar-refractivity contribution in [2.75, 3.05) is 5.32 Å². The quantitative estimate of drug-likeness (QED) is 0.388. The third-order valence-corrected chi connectivity index (χ3v) is 5.10. The average Bonchev–Trinajstić information content (AvgIpc) is 2.82. The highest BCUT2D eigenvalue weighted by atomic mass is 16.4. The largest absolute Gasteiger partial charge is 0.481 e. The molecule has 7 heteroatoms. The molecule has 0 bridgehead atoms. The van der Waals surface area contributed by atoms with Crippen molar-refractivity contribution in [2.24, 2.45) is 0 Å². The molecule has 0 aliphatic carbocycles. The molecule has 1 atom stereocenters. The van der Waals surface area contributed by atoms with Gasteiger partial charge < -0.3 is 21.1 Å². The lowest BCUT2D eigenvalue weighted by Gasteiger charge is -2.16. The van der Waals surface area contributed by atoms with E-state index in [1.54, 1.807) is 24.3 Å². The van der Waals surface area contributed by atoms with E-state index in [9.17, 15) is 14.4 Å². The number of aliphatic carboxylic acids is 1. The zero-order valence-corrected chi connectivity index (χ0v) is 18.4. The number of anilines is 1. The third kappa shape index (κ3) is 7.50. The predicted octanol–water partition coefficient (Wildman–Crippen LogP) is 4.52. The molecule has 3 aromatic carbocycles. The van der Waals surface area contributed by atoms with Crippen LogP contribution < -0.4 is 16.0 Å². The Bertz CT molecular complexity index is 1120. The third-order valence-electron chi connectivity index (χ3n) is 5.10. The minimum atomic E-state index is -0.844. The first-order valence-corrected chi connectivity index (χ1v) is 10.7. The molecule has 1 unspecified atom stereocenters. The molecule has 0 aliphatic rings. The Kier molecular flexibility index (Phi) is 8.18. The van der Waals surface area contributed by atoms with Crippen molar-refractivity contribution < 1.29 is 19.5 Å². The normalized spacial score (nSPS) is 11.3. The van der Waals surface area contributed by atoms with E-state index in [1.165, 1.54) is 0 Å². The Morgan fingerprint density at radius 2 is 1.61 bits per heavy atom. The van der Waals surface area contributed by atoms with Crippen LogP contribution in [0.1, 0.15) is 46.4 Å².